The van der Waals surface area contributed by atoms with E-state index in [1.54, 1.807) is 0 Å². The van der Waals surface area contributed by atoms with E-state index in [9.17, 15) is 4.79 Å². The highest BCUT2D eigenvalue weighted by Crippen LogP contribution is 2.49. The molecular formula is C19H23N3O. The average molecular weight is 309 g/mol. The first-order chi connectivity index (χ1) is 11.2. The first-order valence-electron chi connectivity index (χ1n) is 8.57. The molecule has 4 rings (SSSR count). The lowest BCUT2D eigenvalue weighted by Crippen LogP contribution is -2.41. The third kappa shape index (κ3) is 2.90. The van der Waals surface area contributed by atoms with Gasteiger partial charge in [-0.25, -0.2) is 0 Å². The van der Waals surface area contributed by atoms with E-state index in [1.165, 1.54) is 11.1 Å². The van der Waals surface area contributed by atoms with Crippen LogP contribution in [-0.2, 0) is 4.79 Å². The Kier molecular flexibility index (Phi) is 3.68. The Labute approximate surface area is 137 Å². The van der Waals surface area contributed by atoms with Crippen molar-refractivity contribution in [1.29, 1.82) is 0 Å². The monoisotopic (exact) mass is 309 g/mol. The number of benzene rings is 1. The standard InChI is InChI=1S/C19H23N3O/c1-14-5-2-6-15(11-14)17-12-18(17)19(23)21-9-3-7-16(13-21)22-10-4-8-20-22/h2,4-6,8,10-11,16-18H,3,7,9,12-13H2,1H3/t16-,17+,18-/m1/s1. The number of hydrogen-bond donors (Lipinski definition) is 0. The van der Waals surface area contributed by atoms with Gasteiger partial charge in [0, 0.05) is 31.4 Å². The molecule has 1 aliphatic heterocycles. The molecule has 0 bridgehead atoms. The number of carbonyl (C=O) groups is 1. The van der Waals surface area contributed by atoms with Crippen molar-refractivity contribution in [2.45, 2.75) is 38.1 Å². The second-order valence-electron chi connectivity index (χ2n) is 6.93. The van der Waals surface area contributed by atoms with Crippen molar-refractivity contribution in [2.24, 2.45) is 5.92 Å². The first kappa shape index (κ1) is 14.5. The smallest absolute Gasteiger partial charge is 0.226 e. The molecule has 1 aliphatic carbocycles. The molecule has 2 aliphatic rings. The van der Waals surface area contributed by atoms with Gasteiger partial charge in [-0.3, -0.25) is 9.48 Å². The lowest BCUT2D eigenvalue weighted by Gasteiger charge is -2.33. The Balaban J connectivity index is 1.42. The van der Waals surface area contributed by atoms with Gasteiger partial charge in [0.05, 0.1) is 6.04 Å². The molecule has 23 heavy (non-hydrogen) atoms. The van der Waals surface area contributed by atoms with Gasteiger partial charge in [0.1, 0.15) is 0 Å². The Hall–Kier alpha value is -2.10. The topological polar surface area (TPSA) is 38.1 Å². The van der Waals surface area contributed by atoms with Crippen LogP contribution in [0, 0.1) is 12.8 Å². The van der Waals surface area contributed by atoms with E-state index in [4.69, 9.17) is 0 Å². The molecule has 2 fully saturated rings. The summed E-state index contributed by atoms with van der Waals surface area (Å²) in [5.74, 6) is 0.953. The lowest BCUT2D eigenvalue weighted by atomic mass is 10.0. The molecule has 1 saturated carbocycles. The summed E-state index contributed by atoms with van der Waals surface area (Å²) in [7, 11) is 0. The van der Waals surface area contributed by atoms with Gasteiger partial charge in [-0.1, -0.05) is 29.8 Å². The SMILES string of the molecule is Cc1cccc([C@@H]2C[C@H]2C(=O)N2CCC[C@@H](n3cccn3)C2)c1. The molecule has 1 saturated heterocycles. The van der Waals surface area contributed by atoms with Crippen molar-refractivity contribution in [3.63, 3.8) is 0 Å². The number of carbonyl (C=O) groups excluding carboxylic acids is 1. The van der Waals surface area contributed by atoms with E-state index in [0.717, 1.165) is 32.4 Å². The largest absolute Gasteiger partial charge is 0.340 e. The molecule has 2 aromatic rings. The average Bonchev–Trinajstić information content (AvgIpc) is 3.19. The van der Waals surface area contributed by atoms with Crippen LogP contribution >= 0.6 is 0 Å². The van der Waals surface area contributed by atoms with Crippen LogP contribution in [-0.4, -0.2) is 33.7 Å². The normalized spacial score (nSPS) is 27.0. The first-order valence-corrected chi connectivity index (χ1v) is 8.57. The maximum Gasteiger partial charge on any atom is 0.226 e. The van der Waals surface area contributed by atoms with Crippen molar-refractivity contribution in [3.8, 4) is 0 Å². The van der Waals surface area contributed by atoms with Gasteiger partial charge in [-0.2, -0.15) is 5.10 Å². The molecule has 0 radical (unpaired) electrons. The third-order valence-electron chi connectivity index (χ3n) is 5.19. The van der Waals surface area contributed by atoms with Crippen molar-refractivity contribution < 1.29 is 4.79 Å². The fourth-order valence-corrected chi connectivity index (χ4v) is 3.84. The number of piperidine rings is 1. The van der Waals surface area contributed by atoms with Gasteiger partial charge in [0.15, 0.2) is 0 Å². The highest BCUT2D eigenvalue weighted by Gasteiger charge is 2.46. The van der Waals surface area contributed by atoms with Crippen LogP contribution in [0.1, 0.15) is 42.3 Å². The van der Waals surface area contributed by atoms with Crippen molar-refractivity contribution in [2.75, 3.05) is 13.1 Å². The molecule has 4 nitrogen and oxygen atoms in total. The number of nitrogens with zero attached hydrogens (tertiary/aromatic N) is 3. The molecule has 0 N–H and O–H groups in total. The highest BCUT2D eigenvalue weighted by molar-refractivity contribution is 5.83. The zero-order valence-electron chi connectivity index (χ0n) is 13.6. The van der Waals surface area contributed by atoms with Crippen molar-refractivity contribution in [3.05, 3.63) is 53.9 Å². The second-order valence-corrected chi connectivity index (χ2v) is 6.93. The van der Waals surface area contributed by atoms with Crippen LogP contribution in [0.4, 0.5) is 0 Å². The molecule has 2 heterocycles. The maximum atomic E-state index is 12.8. The van der Waals surface area contributed by atoms with Crippen LogP contribution < -0.4 is 0 Å². The minimum Gasteiger partial charge on any atom is -0.340 e. The van der Waals surface area contributed by atoms with Crippen LogP contribution in [0.25, 0.3) is 0 Å². The fourth-order valence-electron chi connectivity index (χ4n) is 3.84. The maximum absolute atomic E-state index is 12.8. The van der Waals surface area contributed by atoms with E-state index in [2.05, 4.69) is 41.2 Å². The number of aryl methyl sites for hydroxylation is 1. The quantitative estimate of drug-likeness (QED) is 0.873. The predicted octanol–water partition coefficient (Wildman–Crippen LogP) is 3.16. The molecule has 1 aromatic heterocycles. The van der Waals surface area contributed by atoms with Gasteiger partial charge in [-0.05, 0) is 43.7 Å². The lowest BCUT2D eigenvalue weighted by molar-refractivity contribution is -0.134. The van der Waals surface area contributed by atoms with Crippen molar-refractivity contribution >= 4 is 5.91 Å². The Morgan fingerprint density at radius 3 is 3.00 bits per heavy atom. The summed E-state index contributed by atoms with van der Waals surface area (Å²) in [5, 5.41) is 4.35. The summed E-state index contributed by atoms with van der Waals surface area (Å²) in [4.78, 5) is 14.9. The molecule has 0 spiro atoms. The predicted molar refractivity (Wildman–Crippen MR) is 89.1 cm³/mol. The Morgan fingerprint density at radius 2 is 2.22 bits per heavy atom. The van der Waals surface area contributed by atoms with E-state index >= 15 is 0 Å². The summed E-state index contributed by atoms with van der Waals surface area (Å²) in [5.41, 5.74) is 2.60. The minimum atomic E-state index is 0.188. The van der Waals surface area contributed by atoms with Gasteiger partial charge < -0.3 is 4.90 Å². The number of rotatable bonds is 3. The summed E-state index contributed by atoms with van der Waals surface area (Å²) >= 11 is 0. The molecule has 1 aromatic carbocycles. The van der Waals surface area contributed by atoms with E-state index < -0.39 is 0 Å². The van der Waals surface area contributed by atoms with Gasteiger partial charge in [0.25, 0.3) is 0 Å². The van der Waals surface area contributed by atoms with Crippen LogP contribution in [0.15, 0.2) is 42.7 Å². The zero-order valence-corrected chi connectivity index (χ0v) is 13.6. The second kappa shape index (κ2) is 5.84. The third-order valence-corrected chi connectivity index (χ3v) is 5.19. The number of likely N-dealkylation sites (tertiary alicyclic amines) is 1. The molecule has 1 amide bonds. The van der Waals surface area contributed by atoms with Crippen LogP contribution in [0.5, 0.6) is 0 Å². The summed E-state index contributed by atoms with van der Waals surface area (Å²) in [6.07, 6.45) is 7.00. The minimum absolute atomic E-state index is 0.188. The summed E-state index contributed by atoms with van der Waals surface area (Å²) in [6.45, 7) is 3.81. The van der Waals surface area contributed by atoms with E-state index in [0.29, 0.717) is 17.9 Å². The fraction of sp³-hybridized carbons (Fsp3) is 0.474. The molecule has 0 unspecified atom stereocenters. The molecule has 3 atom stereocenters. The van der Waals surface area contributed by atoms with Gasteiger partial charge in [-0.15, -0.1) is 0 Å². The number of amides is 1. The number of hydrogen-bond acceptors (Lipinski definition) is 2. The van der Waals surface area contributed by atoms with E-state index in [1.807, 2.05) is 23.1 Å². The van der Waals surface area contributed by atoms with E-state index in [-0.39, 0.29) is 5.92 Å². The molecule has 4 heteroatoms. The summed E-state index contributed by atoms with van der Waals surface area (Å²) < 4.78 is 2.00. The molecular weight excluding hydrogens is 286 g/mol. The number of aromatic nitrogens is 2. The van der Waals surface area contributed by atoms with Crippen molar-refractivity contribution in [1.82, 2.24) is 14.7 Å². The van der Waals surface area contributed by atoms with Gasteiger partial charge >= 0.3 is 0 Å². The Morgan fingerprint density at radius 1 is 1.30 bits per heavy atom. The van der Waals surface area contributed by atoms with Crippen LogP contribution in [0.2, 0.25) is 0 Å². The highest BCUT2D eigenvalue weighted by atomic mass is 16.2. The molecule has 120 valence electrons. The summed E-state index contributed by atoms with van der Waals surface area (Å²) in [6, 6.07) is 10.9. The Bertz CT molecular complexity index is 694. The van der Waals surface area contributed by atoms with Crippen LogP contribution in [0.3, 0.4) is 0 Å². The zero-order chi connectivity index (χ0) is 15.8. The van der Waals surface area contributed by atoms with Gasteiger partial charge in [0.2, 0.25) is 5.91 Å².